The molecule has 1 N–H and O–H groups in total. The maximum Gasteiger partial charge on any atom is 0.213 e. The maximum atomic E-state index is 5.33. The molecule has 1 heterocycles. The summed E-state index contributed by atoms with van der Waals surface area (Å²) in [6, 6.07) is 6.34. The second kappa shape index (κ2) is 5.60. The number of likely N-dealkylation sites (N-methyl/N-ethyl adjacent to an activating group) is 1. The molecule has 0 bridgehead atoms. The predicted molar refractivity (Wildman–Crippen MR) is 57.6 cm³/mol. The van der Waals surface area contributed by atoms with Gasteiger partial charge in [0.25, 0.3) is 0 Å². The normalized spacial score (nSPS) is 12.5. The Hall–Kier alpha value is -1.09. The van der Waals surface area contributed by atoms with E-state index >= 15 is 0 Å². The molecule has 0 radical (unpaired) electrons. The van der Waals surface area contributed by atoms with Crippen molar-refractivity contribution in [1.29, 1.82) is 0 Å². The largest absolute Gasteiger partial charge is 0.478 e. The second-order valence-corrected chi connectivity index (χ2v) is 3.29. The van der Waals surface area contributed by atoms with Crippen molar-refractivity contribution in [3.05, 3.63) is 23.9 Å². The van der Waals surface area contributed by atoms with Gasteiger partial charge in [0, 0.05) is 24.2 Å². The van der Waals surface area contributed by atoms with E-state index in [9.17, 15) is 0 Å². The molecule has 1 atom stereocenters. The molecule has 0 aliphatic rings. The number of hydrogen-bond donors (Lipinski definition) is 1. The number of hydrogen-bond acceptors (Lipinski definition) is 3. The number of aromatic nitrogens is 1. The Morgan fingerprint density at radius 1 is 1.50 bits per heavy atom. The first-order valence-electron chi connectivity index (χ1n) is 5.02. The van der Waals surface area contributed by atoms with Gasteiger partial charge in [0.05, 0.1) is 6.61 Å². The van der Waals surface area contributed by atoms with Crippen LogP contribution in [0.15, 0.2) is 18.2 Å². The molecule has 0 aliphatic heterocycles. The van der Waals surface area contributed by atoms with Crippen LogP contribution in [-0.2, 0) is 6.42 Å². The average molecular weight is 194 g/mol. The molecule has 14 heavy (non-hydrogen) atoms. The van der Waals surface area contributed by atoms with Crippen LogP contribution in [0.5, 0.6) is 5.88 Å². The zero-order chi connectivity index (χ0) is 10.4. The smallest absolute Gasteiger partial charge is 0.213 e. The highest BCUT2D eigenvalue weighted by Gasteiger charge is 2.02. The van der Waals surface area contributed by atoms with Crippen LogP contribution in [-0.4, -0.2) is 24.7 Å². The summed E-state index contributed by atoms with van der Waals surface area (Å²) in [5.74, 6) is 0.716. The molecule has 0 saturated carbocycles. The highest BCUT2D eigenvalue weighted by molar-refractivity contribution is 5.16. The Kier molecular flexibility index (Phi) is 4.40. The first-order valence-corrected chi connectivity index (χ1v) is 5.02. The van der Waals surface area contributed by atoms with E-state index in [1.165, 1.54) is 0 Å². The fourth-order valence-electron chi connectivity index (χ4n) is 1.22. The average Bonchev–Trinajstić information content (AvgIpc) is 2.19. The van der Waals surface area contributed by atoms with Crippen LogP contribution in [0.2, 0.25) is 0 Å². The third-order valence-corrected chi connectivity index (χ3v) is 2.08. The van der Waals surface area contributed by atoms with Gasteiger partial charge >= 0.3 is 0 Å². The van der Waals surface area contributed by atoms with Crippen LogP contribution >= 0.6 is 0 Å². The predicted octanol–water partition coefficient (Wildman–Crippen LogP) is 1.63. The molecule has 0 aliphatic carbocycles. The molecular weight excluding hydrogens is 176 g/mol. The Bertz CT molecular complexity index is 276. The molecule has 1 aromatic heterocycles. The molecule has 0 aromatic carbocycles. The third kappa shape index (κ3) is 3.34. The van der Waals surface area contributed by atoms with E-state index in [4.69, 9.17) is 4.74 Å². The zero-order valence-corrected chi connectivity index (χ0v) is 9.08. The fraction of sp³-hybridized carbons (Fsp3) is 0.545. The number of pyridine rings is 1. The van der Waals surface area contributed by atoms with Crippen LogP contribution in [0.3, 0.4) is 0 Å². The molecule has 78 valence electrons. The SMILES string of the molecule is CCOc1cccc(CC(C)NC)n1. The Morgan fingerprint density at radius 2 is 2.29 bits per heavy atom. The van der Waals surface area contributed by atoms with Crippen molar-refractivity contribution in [3.63, 3.8) is 0 Å². The molecule has 3 heteroatoms. The molecule has 0 fully saturated rings. The minimum atomic E-state index is 0.444. The van der Waals surface area contributed by atoms with E-state index in [1.807, 2.05) is 32.2 Å². The van der Waals surface area contributed by atoms with Gasteiger partial charge in [0.1, 0.15) is 0 Å². The van der Waals surface area contributed by atoms with Gasteiger partial charge in [0.15, 0.2) is 0 Å². The molecule has 0 amide bonds. The first kappa shape index (κ1) is 11.0. The van der Waals surface area contributed by atoms with E-state index in [0.717, 1.165) is 12.1 Å². The summed E-state index contributed by atoms with van der Waals surface area (Å²) in [6.45, 7) is 4.76. The van der Waals surface area contributed by atoms with Crippen LogP contribution in [0.25, 0.3) is 0 Å². The van der Waals surface area contributed by atoms with Crippen LogP contribution in [0, 0.1) is 0 Å². The third-order valence-electron chi connectivity index (χ3n) is 2.08. The summed E-state index contributed by atoms with van der Waals surface area (Å²) in [5.41, 5.74) is 1.07. The molecule has 3 nitrogen and oxygen atoms in total. The van der Waals surface area contributed by atoms with Gasteiger partial charge in [-0.2, -0.15) is 0 Å². The molecule has 0 saturated heterocycles. The topological polar surface area (TPSA) is 34.1 Å². The summed E-state index contributed by atoms with van der Waals surface area (Å²) in [4.78, 5) is 4.39. The van der Waals surface area contributed by atoms with Crippen LogP contribution < -0.4 is 10.1 Å². The highest BCUT2D eigenvalue weighted by Crippen LogP contribution is 2.08. The van der Waals surface area contributed by atoms with E-state index in [-0.39, 0.29) is 0 Å². The minimum absolute atomic E-state index is 0.444. The monoisotopic (exact) mass is 194 g/mol. The van der Waals surface area contributed by atoms with Crippen molar-refractivity contribution in [2.24, 2.45) is 0 Å². The fourth-order valence-corrected chi connectivity index (χ4v) is 1.22. The van der Waals surface area contributed by atoms with Crippen LogP contribution in [0.4, 0.5) is 0 Å². The Labute approximate surface area is 85.5 Å². The zero-order valence-electron chi connectivity index (χ0n) is 9.08. The van der Waals surface area contributed by atoms with E-state index in [2.05, 4.69) is 17.2 Å². The lowest BCUT2D eigenvalue weighted by molar-refractivity contribution is 0.325. The summed E-state index contributed by atoms with van der Waals surface area (Å²) >= 11 is 0. The second-order valence-electron chi connectivity index (χ2n) is 3.29. The van der Waals surface area contributed by atoms with Gasteiger partial charge in [-0.3, -0.25) is 0 Å². The first-order chi connectivity index (χ1) is 6.76. The quantitative estimate of drug-likeness (QED) is 0.773. The van der Waals surface area contributed by atoms with Gasteiger partial charge < -0.3 is 10.1 Å². The Balaban J connectivity index is 2.63. The Morgan fingerprint density at radius 3 is 2.93 bits per heavy atom. The molecule has 1 rings (SSSR count). The lowest BCUT2D eigenvalue weighted by Gasteiger charge is -2.10. The van der Waals surface area contributed by atoms with Crippen molar-refractivity contribution in [2.75, 3.05) is 13.7 Å². The maximum absolute atomic E-state index is 5.33. The van der Waals surface area contributed by atoms with E-state index in [0.29, 0.717) is 18.5 Å². The molecule has 1 unspecified atom stereocenters. The minimum Gasteiger partial charge on any atom is -0.478 e. The number of ether oxygens (including phenoxy) is 1. The van der Waals surface area contributed by atoms with Crippen LogP contribution in [0.1, 0.15) is 19.5 Å². The standard InChI is InChI=1S/C11H18N2O/c1-4-14-11-7-5-6-10(13-11)8-9(2)12-3/h5-7,9,12H,4,8H2,1-3H3. The number of nitrogens with one attached hydrogen (secondary N) is 1. The summed E-state index contributed by atoms with van der Waals surface area (Å²) in [7, 11) is 1.96. The molecular formula is C11H18N2O. The lowest BCUT2D eigenvalue weighted by Crippen LogP contribution is -2.23. The number of nitrogens with zero attached hydrogens (tertiary/aromatic N) is 1. The van der Waals surface area contributed by atoms with Crippen molar-refractivity contribution >= 4 is 0 Å². The van der Waals surface area contributed by atoms with Crippen molar-refractivity contribution in [3.8, 4) is 5.88 Å². The van der Waals surface area contributed by atoms with E-state index < -0.39 is 0 Å². The molecule has 0 spiro atoms. The van der Waals surface area contributed by atoms with Gasteiger partial charge in [-0.15, -0.1) is 0 Å². The number of rotatable bonds is 5. The highest BCUT2D eigenvalue weighted by atomic mass is 16.5. The van der Waals surface area contributed by atoms with Gasteiger partial charge in [-0.05, 0) is 27.0 Å². The van der Waals surface area contributed by atoms with Gasteiger partial charge in [-0.25, -0.2) is 4.98 Å². The van der Waals surface area contributed by atoms with Gasteiger partial charge in [-0.1, -0.05) is 6.07 Å². The van der Waals surface area contributed by atoms with Crippen molar-refractivity contribution < 1.29 is 4.74 Å². The molecule has 1 aromatic rings. The lowest BCUT2D eigenvalue weighted by atomic mass is 10.2. The van der Waals surface area contributed by atoms with Gasteiger partial charge in [0.2, 0.25) is 5.88 Å². The summed E-state index contributed by atoms with van der Waals surface area (Å²) in [5, 5.41) is 3.18. The van der Waals surface area contributed by atoms with E-state index in [1.54, 1.807) is 0 Å². The summed E-state index contributed by atoms with van der Waals surface area (Å²) < 4.78 is 5.33. The summed E-state index contributed by atoms with van der Waals surface area (Å²) in [6.07, 6.45) is 0.928. The van der Waals surface area contributed by atoms with Crippen molar-refractivity contribution in [1.82, 2.24) is 10.3 Å². The van der Waals surface area contributed by atoms with Crippen molar-refractivity contribution in [2.45, 2.75) is 26.3 Å².